The highest BCUT2D eigenvalue weighted by Crippen LogP contribution is 2.12. The average molecular weight is 201 g/mol. The van der Waals surface area contributed by atoms with Crippen LogP contribution in [0.25, 0.3) is 0 Å². The molecule has 1 aromatic rings. The van der Waals surface area contributed by atoms with Gasteiger partial charge in [0.15, 0.2) is 6.10 Å². The molecule has 1 atom stereocenters. The van der Waals surface area contributed by atoms with Gasteiger partial charge in [0.2, 0.25) is 0 Å². The summed E-state index contributed by atoms with van der Waals surface area (Å²) in [4.78, 5) is 10.3. The minimum atomic E-state index is -1.36. The fraction of sp³-hybridized carbons (Fsp3) is 0.222. The van der Waals surface area contributed by atoms with E-state index in [4.69, 9.17) is 21.8 Å². The number of aliphatic carboxylic acids is 1. The number of hydrogen-bond acceptors (Lipinski definition) is 2. The Kier molecular flexibility index (Phi) is 3.28. The van der Waals surface area contributed by atoms with Crippen molar-refractivity contribution in [2.24, 2.45) is 0 Å². The number of benzene rings is 1. The molecule has 0 saturated heterocycles. The monoisotopic (exact) mass is 200 g/mol. The van der Waals surface area contributed by atoms with Crippen LogP contribution < -0.4 is 0 Å². The number of carboxylic acid groups (broad SMARTS) is 1. The first kappa shape index (κ1) is 10.0. The van der Waals surface area contributed by atoms with Gasteiger partial charge in [-0.3, -0.25) is 0 Å². The van der Waals surface area contributed by atoms with Crippen molar-refractivity contribution in [2.75, 3.05) is 0 Å². The van der Waals surface area contributed by atoms with Gasteiger partial charge in [-0.15, -0.1) is 0 Å². The van der Waals surface area contributed by atoms with Crippen molar-refractivity contribution in [1.29, 1.82) is 0 Å². The summed E-state index contributed by atoms with van der Waals surface area (Å²) in [6, 6.07) is 6.76. The predicted molar refractivity (Wildman–Crippen MR) is 48.8 cm³/mol. The first-order valence-corrected chi connectivity index (χ1v) is 4.12. The SMILES string of the molecule is O=C(O)C(O)Cc1cccc(Cl)c1. The van der Waals surface area contributed by atoms with Gasteiger partial charge in [-0.1, -0.05) is 23.7 Å². The Balaban J connectivity index is 2.69. The molecule has 0 aliphatic heterocycles. The maximum Gasteiger partial charge on any atom is 0.332 e. The Morgan fingerprint density at radius 2 is 2.23 bits per heavy atom. The third-order valence-corrected chi connectivity index (χ3v) is 1.84. The molecule has 13 heavy (non-hydrogen) atoms. The summed E-state index contributed by atoms with van der Waals surface area (Å²) in [5.41, 5.74) is 0.711. The van der Waals surface area contributed by atoms with Crippen LogP contribution in [0.2, 0.25) is 5.02 Å². The molecule has 1 unspecified atom stereocenters. The molecule has 4 heteroatoms. The van der Waals surface area contributed by atoms with Crippen molar-refractivity contribution in [3.05, 3.63) is 34.9 Å². The van der Waals surface area contributed by atoms with Gasteiger partial charge >= 0.3 is 5.97 Å². The van der Waals surface area contributed by atoms with E-state index in [2.05, 4.69) is 0 Å². The zero-order valence-corrected chi connectivity index (χ0v) is 7.53. The van der Waals surface area contributed by atoms with Crippen LogP contribution in [0.5, 0.6) is 0 Å². The minimum absolute atomic E-state index is 0.0793. The van der Waals surface area contributed by atoms with Gasteiger partial charge in [0.05, 0.1) is 0 Å². The zero-order chi connectivity index (χ0) is 9.84. The van der Waals surface area contributed by atoms with Crippen LogP contribution in [0.3, 0.4) is 0 Å². The molecular weight excluding hydrogens is 192 g/mol. The lowest BCUT2D eigenvalue weighted by molar-refractivity contribution is -0.146. The molecule has 1 aromatic carbocycles. The molecule has 0 aliphatic carbocycles. The van der Waals surface area contributed by atoms with E-state index in [9.17, 15) is 4.79 Å². The van der Waals surface area contributed by atoms with Crippen LogP contribution in [0, 0.1) is 0 Å². The zero-order valence-electron chi connectivity index (χ0n) is 6.77. The molecule has 1 rings (SSSR count). The fourth-order valence-corrected chi connectivity index (χ4v) is 1.19. The highest BCUT2D eigenvalue weighted by molar-refractivity contribution is 6.30. The van der Waals surface area contributed by atoms with Crippen molar-refractivity contribution in [3.63, 3.8) is 0 Å². The highest BCUT2D eigenvalue weighted by atomic mass is 35.5. The maximum atomic E-state index is 10.3. The van der Waals surface area contributed by atoms with E-state index in [1.54, 1.807) is 24.3 Å². The van der Waals surface area contributed by atoms with Gasteiger partial charge in [0, 0.05) is 11.4 Å². The summed E-state index contributed by atoms with van der Waals surface area (Å²) in [6.45, 7) is 0. The van der Waals surface area contributed by atoms with Crippen LogP contribution in [0.15, 0.2) is 24.3 Å². The number of carbonyl (C=O) groups is 1. The van der Waals surface area contributed by atoms with Gasteiger partial charge in [-0.05, 0) is 17.7 Å². The standard InChI is InChI=1S/C9H9ClO3/c10-7-3-1-2-6(4-7)5-8(11)9(12)13/h1-4,8,11H,5H2,(H,12,13). The smallest absolute Gasteiger partial charge is 0.332 e. The first-order valence-electron chi connectivity index (χ1n) is 3.75. The Labute approximate surface area is 80.6 Å². The molecule has 0 radical (unpaired) electrons. The lowest BCUT2D eigenvalue weighted by Crippen LogP contribution is -2.21. The molecule has 0 aromatic heterocycles. The normalized spacial score (nSPS) is 12.5. The number of hydrogen-bond donors (Lipinski definition) is 2. The lowest BCUT2D eigenvalue weighted by atomic mass is 10.1. The van der Waals surface area contributed by atoms with E-state index < -0.39 is 12.1 Å². The van der Waals surface area contributed by atoms with Gasteiger partial charge in [0.1, 0.15) is 0 Å². The fourth-order valence-electron chi connectivity index (χ4n) is 0.975. The summed E-state index contributed by atoms with van der Waals surface area (Å²) in [6.07, 6.45) is -1.28. The predicted octanol–water partition coefficient (Wildman–Crippen LogP) is 1.33. The van der Waals surface area contributed by atoms with Crippen molar-refractivity contribution in [2.45, 2.75) is 12.5 Å². The molecule has 70 valence electrons. The van der Waals surface area contributed by atoms with Gasteiger partial charge in [-0.2, -0.15) is 0 Å². The minimum Gasteiger partial charge on any atom is -0.479 e. The first-order chi connectivity index (χ1) is 6.09. The number of aliphatic hydroxyl groups is 1. The molecule has 0 saturated carbocycles. The highest BCUT2D eigenvalue weighted by Gasteiger charge is 2.13. The summed E-state index contributed by atoms with van der Waals surface area (Å²) in [5, 5.41) is 18.0. The van der Waals surface area contributed by atoms with Crippen molar-refractivity contribution in [3.8, 4) is 0 Å². The van der Waals surface area contributed by atoms with Crippen molar-refractivity contribution >= 4 is 17.6 Å². The molecule has 0 fully saturated rings. The molecule has 0 spiro atoms. The van der Waals surface area contributed by atoms with E-state index in [1.165, 1.54) is 0 Å². The Morgan fingerprint density at radius 1 is 1.54 bits per heavy atom. The third kappa shape index (κ3) is 3.05. The molecule has 0 aliphatic rings. The van der Waals surface area contributed by atoms with Crippen molar-refractivity contribution < 1.29 is 15.0 Å². The van der Waals surface area contributed by atoms with E-state index in [-0.39, 0.29) is 6.42 Å². The maximum absolute atomic E-state index is 10.3. The Morgan fingerprint density at radius 3 is 2.77 bits per heavy atom. The quantitative estimate of drug-likeness (QED) is 0.774. The van der Waals surface area contributed by atoms with Crippen LogP contribution in [0.4, 0.5) is 0 Å². The largest absolute Gasteiger partial charge is 0.479 e. The second kappa shape index (κ2) is 4.25. The Hall–Kier alpha value is -1.06. The van der Waals surface area contributed by atoms with Gasteiger partial charge in [0.25, 0.3) is 0 Å². The van der Waals surface area contributed by atoms with Gasteiger partial charge < -0.3 is 10.2 Å². The average Bonchev–Trinajstić information content (AvgIpc) is 2.04. The summed E-state index contributed by atoms with van der Waals surface area (Å²) >= 11 is 5.68. The Bertz CT molecular complexity index is 311. The number of halogens is 1. The van der Waals surface area contributed by atoms with E-state index in [0.29, 0.717) is 10.6 Å². The van der Waals surface area contributed by atoms with Crippen molar-refractivity contribution in [1.82, 2.24) is 0 Å². The topological polar surface area (TPSA) is 57.5 Å². The number of carboxylic acids is 1. The van der Waals surface area contributed by atoms with Crippen LogP contribution in [-0.2, 0) is 11.2 Å². The van der Waals surface area contributed by atoms with Crippen LogP contribution in [0.1, 0.15) is 5.56 Å². The summed E-state index contributed by atoms with van der Waals surface area (Å²) in [5.74, 6) is -1.22. The summed E-state index contributed by atoms with van der Waals surface area (Å²) < 4.78 is 0. The molecule has 2 N–H and O–H groups in total. The number of rotatable bonds is 3. The van der Waals surface area contributed by atoms with E-state index in [0.717, 1.165) is 0 Å². The molecule has 0 bridgehead atoms. The van der Waals surface area contributed by atoms with Crippen LogP contribution >= 0.6 is 11.6 Å². The summed E-state index contributed by atoms with van der Waals surface area (Å²) in [7, 11) is 0. The van der Waals surface area contributed by atoms with Crippen LogP contribution in [-0.4, -0.2) is 22.3 Å². The van der Waals surface area contributed by atoms with Gasteiger partial charge in [-0.25, -0.2) is 4.79 Å². The second-order valence-corrected chi connectivity index (χ2v) is 3.12. The van der Waals surface area contributed by atoms with E-state index >= 15 is 0 Å². The third-order valence-electron chi connectivity index (χ3n) is 1.60. The molecular formula is C9H9ClO3. The molecule has 0 heterocycles. The van der Waals surface area contributed by atoms with E-state index in [1.807, 2.05) is 0 Å². The lowest BCUT2D eigenvalue weighted by Gasteiger charge is -2.04. The second-order valence-electron chi connectivity index (χ2n) is 2.69. The molecule has 3 nitrogen and oxygen atoms in total. The molecule has 0 amide bonds. The number of aliphatic hydroxyl groups excluding tert-OH is 1.